The van der Waals surface area contributed by atoms with Crippen LogP contribution >= 0.6 is 35.6 Å². The predicted octanol–water partition coefficient (Wildman–Crippen LogP) is 3.85. The van der Waals surface area contributed by atoms with Crippen molar-refractivity contribution in [1.29, 1.82) is 0 Å². The molecule has 2 unspecified atom stereocenters. The molecule has 2 atom stereocenters. The van der Waals surface area contributed by atoms with E-state index >= 15 is 0 Å². The molecule has 28 heavy (non-hydrogen) atoms. The number of rotatable bonds is 9. The van der Waals surface area contributed by atoms with Gasteiger partial charge in [-0.25, -0.2) is 0 Å². The molecule has 1 aromatic rings. The summed E-state index contributed by atoms with van der Waals surface area (Å²) in [5, 5.41) is 7.74. The number of nitrogens with one attached hydrogen (secondary N) is 2. The molecule has 0 saturated carbocycles. The smallest absolute Gasteiger partial charge is 0.191 e. The van der Waals surface area contributed by atoms with Crippen molar-refractivity contribution < 1.29 is 0 Å². The summed E-state index contributed by atoms with van der Waals surface area (Å²) in [5.74, 6) is 1.59. The summed E-state index contributed by atoms with van der Waals surface area (Å²) in [6, 6.07) is 8.31. The zero-order chi connectivity index (χ0) is 19.6. The van der Waals surface area contributed by atoms with Crippen LogP contribution in [0.15, 0.2) is 29.3 Å². The summed E-state index contributed by atoms with van der Waals surface area (Å²) in [5.41, 5.74) is 1.15. The molecule has 1 aromatic carbocycles. The average Bonchev–Trinajstić information content (AvgIpc) is 3.09. The second-order valence-corrected chi connectivity index (χ2v) is 7.68. The maximum Gasteiger partial charge on any atom is 0.191 e. The Hall–Kier alpha value is -0.570. The van der Waals surface area contributed by atoms with E-state index in [1.165, 1.54) is 13.0 Å². The van der Waals surface area contributed by atoms with Gasteiger partial charge in [0.05, 0.1) is 12.6 Å². The van der Waals surface area contributed by atoms with Crippen molar-refractivity contribution in [2.45, 2.75) is 33.2 Å². The van der Waals surface area contributed by atoms with Gasteiger partial charge in [-0.3, -0.25) is 9.89 Å². The Bertz CT molecular complexity index is 594. The largest absolute Gasteiger partial charge is 0.357 e. The Morgan fingerprint density at radius 3 is 2.54 bits per heavy atom. The summed E-state index contributed by atoms with van der Waals surface area (Å²) in [6.07, 6.45) is 1.25. The first-order valence-electron chi connectivity index (χ1n) is 10.3. The first-order valence-corrected chi connectivity index (χ1v) is 10.7. The molecule has 5 nitrogen and oxygen atoms in total. The summed E-state index contributed by atoms with van der Waals surface area (Å²) < 4.78 is 0. The number of aliphatic imine (C=N–C) groups is 1. The third-order valence-corrected chi connectivity index (χ3v) is 5.68. The number of hydrogen-bond acceptors (Lipinski definition) is 3. The lowest BCUT2D eigenvalue weighted by Crippen LogP contribution is -2.41. The highest BCUT2D eigenvalue weighted by Crippen LogP contribution is 2.27. The van der Waals surface area contributed by atoms with Gasteiger partial charge in [-0.15, -0.1) is 24.0 Å². The highest BCUT2D eigenvalue weighted by Gasteiger charge is 2.21. The molecule has 1 fully saturated rings. The van der Waals surface area contributed by atoms with Crippen molar-refractivity contribution in [3.63, 3.8) is 0 Å². The second kappa shape index (κ2) is 13.6. The van der Waals surface area contributed by atoms with E-state index in [4.69, 9.17) is 16.6 Å². The molecule has 1 heterocycles. The molecule has 0 aliphatic carbocycles. The van der Waals surface area contributed by atoms with E-state index in [9.17, 15) is 0 Å². The van der Waals surface area contributed by atoms with E-state index in [2.05, 4.69) is 60.4 Å². The van der Waals surface area contributed by atoms with Crippen molar-refractivity contribution in [2.24, 2.45) is 10.9 Å². The molecule has 1 aliphatic rings. The van der Waals surface area contributed by atoms with Crippen molar-refractivity contribution in [3.05, 3.63) is 34.9 Å². The zero-order valence-corrected chi connectivity index (χ0v) is 20.8. The van der Waals surface area contributed by atoms with E-state index in [0.29, 0.717) is 12.5 Å². The topological polar surface area (TPSA) is 42.9 Å². The molecule has 0 aromatic heterocycles. The number of nitrogens with zero attached hydrogens (tertiary/aromatic N) is 3. The van der Waals surface area contributed by atoms with Crippen LogP contribution in [0.3, 0.4) is 0 Å². The van der Waals surface area contributed by atoms with Gasteiger partial charge in [0.2, 0.25) is 0 Å². The fraction of sp³-hybridized carbons (Fsp3) is 0.667. The van der Waals surface area contributed by atoms with Gasteiger partial charge < -0.3 is 15.5 Å². The highest BCUT2D eigenvalue weighted by molar-refractivity contribution is 14.0. The van der Waals surface area contributed by atoms with Crippen LogP contribution in [-0.2, 0) is 0 Å². The zero-order valence-electron chi connectivity index (χ0n) is 17.7. The molecule has 7 heteroatoms. The van der Waals surface area contributed by atoms with Gasteiger partial charge >= 0.3 is 0 Å². The summed E-state index contributed by atoms with van der Waals surface area (Å²) in [6.45, 7) is 13.3. The Morgan fingerprint density at radius 2 is 1.96 bits per heavy atom. The van der Waals surface area contributed by atoms with Crippen LogP contribution in [0.4, 0.5) is 0 Å². The molecule has 0 radical (unpaired) electrons. The lowest BCUT2D eigenvalue weighted by Gasteiger charge is -2.29. The maximum atomic E-state index is 6.50. The third kappa shape index (κ3) is 7.69. The SMILES string of the molecule is CCNC(=NCC(c1ccccc1Cl)N(CC)CC)NCC1CCN(C)C1.I. The standard InChI is InChI=1S/C21H36ClN5.HI/c1-5-23-21(24-14-17-12-13-26(4)16-17)25-15-20(27(6-2)7-3)18-10-8-9-11-19(18)22;/h8-11,17,20H,5-7,12-16H2,1-4H3,(H2,23,24,25);1H. The first kappa shape index (κ1) is 25.5. The quantitative estimate of drug-likeness (QED) is 0.294. The maximum absolute atomic E-state index is 6.50. The van der Waals surface area contributed by atoms with Crippen LogP contribution < -0.4 is 10.6 Å². The lowest BCUT2D eigenvalue weighted by molar-refractivity contribution is 0.224. The van der Waals surface area contributed by atoms with Gasteiger partial charge in [0.1, 0.15) is 0 Å². The number of likely N-dealkylation sites (tertiary alicyclic amines) is 1. The highest BCUT2D eigenvalue weighted by atomic mass is 127. The molecule has 0 amide bonds. The van der Waals surface area contributed by atoms with Gasteiger partial charge in [0, 0.05) is 24.7 Å². The number of guanidine groups is 1. The van der Waals surface area contributed by atoms with Gasteiger partial charge in [-0.1, -0.05) is 43.6 Å². The minimum absolute atomic E-state index is 0. The Kier molecular flexibility index (Phi) is 12.4. The summed E-state index contributed by atoms with van der Waals surface area (Å²) in [4.78, 5) is 9.72. The monoisotopic (exact) mass is 521 g/mol. The molecule has 2 rings (SSSR count). The molecule has 0 spiro atoms. The van der Waals surface area contributed by atoms with Crippen molar-refractivity contribution in [1.82, 2.24) is 20.4 Å². The Labute approximate surface area is 193 Å². The van der Waals surface area contributed by atoms with Crippen LogP contribution in [0, 0.1) is 5.92 Å². The fourth-order valence-corrected chi connectivity index (χ4v) is 4.04. The number of halogens is 2. The Morgan fingerprint density at radius 1 is 1.25 bits per heavy atom. The molecule has 1 saturated heterocycles. The average molecular weight is 522 g/mol. The molecule has 2 N–H and O–H groups in total. The molecular weight excluding hydrogens is 485 g/mol. The van der Waals surface area contributed by atoms with Gasteiger partial charge in [0.15, 0.2) is 5.96 Å². The van der Waals surface area contributed by atoms with Gasteiger partial charge in [-0.2, -0.15) is 0 Å². The summed E-state index contributed by atoms with van der Waals surface area (Å²) in [7, 11) is 2.19. The van der Waals surface area contributed by atoms with Crippen LogP contribution in [0.5, 0.6) is 0 Å². The summed E-state index contributed by atoms with van der Waals surface area (Å²) >= 11 is 6.50. The number of likely N-dealkylation sites (N-methyl/N-ethyl adjacent to an activating group) is 1. The third-order valence-electron chi connectivity index (χ3n) is 5.33. The van der Waals surface area contributed by atoms with Crippen molar-refractivity contribution in [2.75, 3.05) is 52.9 Å². The minimum atomic E-state index is 0. The molecule has 1 aliphatic heterocycles. The first-order chi connectivity index (χ1) is 13.1. The molecule has 0 bridgehead atoms. The lowest BCUT2D eigenvalue weighted by atomic mass is 10.1. The number of benzene rings is 1. The van der Waals surface area contributed by atoms with Crippen molar-refractivity contribution in [3.8, 4) is 0 Å². The van der Waals surface area contributed by atoms with Crippen LogP contribution in [-0.4, -0.2) is 68.6 Å². The second-order valence-electron chi connectivity index (χ2n) is 7.28. The normalized spacial score (nSPS) is 18.8. The minimum Gasteiger partial charge on any atom is -0.357 e. The van der Waals surface area contributed by atoms with Gasteiger partial charge in [0.25, 0.3) is 0 Å². The number of hydrogen-bond donors (Lipinski definition) is 2. The van der Waals surface area contributed by atoms with Crippen LogP contribution in [0.2, 0.25) is 5.02 Å². The predicted molar refractivity (Wildman–Crippen MR) is 132 cm³/mol. The van der Waals surface area contributed by atoms with Crippen LogP contribution in [0.1, 0.15) is 38.8 Å². The van der Waals surface area contributed by atoms with Gasteiger partial charge in [-0.05, 0) is 57.6 Å². The van der Waals surface area contributed by atoms with E-state index < -0.39 is 0 Å². The van der Waals surface area contributed by atoms with Crippen molar-refractivity contribution >= 4 is 41.5 Å². The van der Waals surface area contributed by atoms with E-state index in [-0.39, 0.29) is 30.0 Å². The van der Waals surface area contributed by atoms with E-state index in [1.54, 1.807) is 0 Å². The molecular formula is C21H37ClIN5. The fourth-order valence-electron chi connectivity index (χ4n) is 3.77. The van der Waals surface area contributed by atoms with E-state index in [0.717, 1.165) is 49.3 Å². The molecule has 160 valence electrons. The van der Waals surface area contributed by atoms with E-state index in [1.807, 2.05) is 12.1 Å². The Balaban J connectivity index is 0.00000392. The van der Waals surface area contributed by atoms with Crippen LogP contribution in [0.25, 0.3) is 0 Å².